The van der Waals surface area contributed by atoms with Crippen LogP contribution in [-0.4, -0.2) is 81.7 Å². The highest BCUT2D eigenvalue weighted by molar-refractivity contribution is 6.04. The monoisotopic (exact) mass is 549 g/mol. The molecule has 0 radical (unpaired) electrons. The number of aliphatic hydroxyl groups excluding tert-OH is 1. The Hall–Kier alpha value is -2.97. The maximum atomic E-state index is 14.5. The largest absolute Gasteiger partial charge is 0.396 e. The third kappa shape index (κ3) is 4.49. The first-order valence-electron chi connectivity index (χ1n) is 14.8. The van der Waals surface area contributed by atoms with Gasteiger partial charge in [-0.1, -0.05) is 62.3 Å². The molecule has 216 valence electrons. The predicted molar refractivity (Wildman–Crippen MR) is 153 cm³/mol. The molecule has 3 amide bonds. The lowest BCUT2D eigenvalue weighted by atomic mass is 9.73. The number of aliphatic hydroxyl groups is 1. The zero-order valence-electron chi connectivity index (χ0n) is 24.2. The molecule has 0 aliphatic carbocycles. The number of para-hydroxylation sites is 1. The van der Waals surface area contributed by atoms with Crippen LogP contribution in [0.1, 0.15) is 59.8 Å². The molecule has 4 aliphatic rings. The van der Waals surface area contributed by atoms with Crippen molar-refractivity contribution in [1.82, 2.24) is 9.80 Å². The minimum atomic E-state index is -1.24. The lowest BCUT2D eigenvalue weighted by Crippen LogP contribution is -2.59. The number of carbonyl (C=O) groups is 3. The molecule has 1 spiro atoms. The molecule has 0 bridgehead atoms. The summed E-state index contributed by atoms with van der Waals surface area (Å²) in [7, 11) is 0. The van der Waals surface area contributed by atoms with E-state index in [-0.39, 0.29) is 24.3 Å². The van der Waals surface area contributed by atoms with Crippen LogP contribution in [0.15, 0.2) is 54.6 Å². The summed E-state index contributed by atoms with van der Waals surface area (Å²) in [5, 5.41) is 9.18. The lowest BCUT2D eigenvalue weighted by Gasteiger charge is -2.41. The molecule has 4 aliphatic heterocycles. The van der Waals surface area contributed by atoms with E-state index in [1.165, 1.54) is 0 Å². The van der Waals surface area contributed by atoms with Gasteiger partial charge in [0.15, 0.2) is 0 Å². The number of ether oxygens (including phenoxy) is 1. The van der Waals surface area contributed by atoms with Gasteiger partial charge in [0.1, 0.15) is 11.6 Å². The van der Waals surface area contributed by atoms with E-state index in [1.807, 2.05) is 87.2 Å². The molecule has 40 heavy (non-hydrogen) atoms. The summed E-state index contributed by atoms with van der Waals surface area (Å²) >= 11 is 0. The highest BCUT2D eigenvalue weighted by atomic mass is 16.5. The van der Waals surface area contributed by atoms with Gasteiger partial charge in [-0.05, 0) is 52.2 Å². The predicted octanol–water partition coefficient (Wildman–Crippen LogP) is 3.70. The molecule has 0 aromatic heterocycles. The number of likely N-dealkylation sites (tertiary alicyclic amines) is 1. The second kappa shape index (κ2) is 10.8. The Morgan fingerprint density at radius 3 is 2.27 bits per heavy atom. The van der Waals surface area contributed by atoms with E-state index in [2.05, 4.69) is 0 Å². The summed E-state index contributed by atoms with van der Waals surface area (Å²) in [5.74, 6) is -2.03. The number of rotatable bonds is 8. The SMILES string of the molecule is CC[C@@]12C=CCN(c3ccccc3)C(=O)[C@@H]1[C@H]1C(=O)N(CCCCCCO)C3C(=O)N(C(C)(C)C)CC=C[C@@]31O2. The van der Waals surface area contributed by atoms with Crippen molar-refractivity contribution in [3.8, 4) is 0 Å². The van der Waals surface area contributed by atoms with Crippen LogP contribution in [0.4, 0.5) is 5.69 Å². The zero-order valence-corrected chi connectivity index (χ0v) is 24.2. The number of benzene rings is 1. The van der Waals surface area contributed by atoms with Crippen molar-refractivity contribution < 1.29 is 24.2 Å². The number of amides is 3. The van der Waals surface area contributed by atoms with E-state index in [1.54, 1.807) is 9.80 Å². The first-order valence-corrected chi connectivity index (χ1v) is 14.8. The second-order valence-electron chi connectivity index (χ2n) is 12.5. The fourth-order valence-electron chi connectivity index (χ4n) is 7.19. The molecule has 8 nitrogen and oxygen atoms in total. The average Bonchev–Trinajstić information content (AvgIpc) is 3.20. The molecule has 5 rings (SSSR count). The van der Waals surface area contributed by atoms with Crippen LogP contribution in [0.2, 0.25) is 0 Å². The average molecular weight is 550 g/mol. The Balaban J connectivity index is 1.60. The van der Waals surface area contributed by atoms with Crippen LogP contribution >= 0.6 is 0 Å². The van der Waals surface area contributed by atoms with Crippen molar-refractivity contribution >= 4 is 23.4 Å². The van der Waals surface area contributed by atoms with Crippen LogP contribution in [0.3, 0.4) is 0 Å². The Kier molecular flexibility index (Phi) is 7.70. The van der Waals surface area contributed by atoms with Crippen LogP contribution in [0.25, 0.3) is 0 Å². The van der Waals surface area contributed by atoms with E-state index in [0.29, 0.717) is 38.9 Å². The summed E-state index contributed by atoms with van der Waals surface area (Å²) in [6.45, 7) is 9.35. The third-order valence-corrected chi connectivity index (χ3v) is 9.12. The molecule has 1 unspecified atom stereocenters. The molecule has 1 N–H and O–H groups in total. The van der Waals surface area contributed by atoms with Crippen molar-refractivity contribution in [3.05, 3.63) is 54.6 Å². The summed E-state index contributed by atoms with van der Waals surface area (Å²) < 4.78 is 7.05. The van der Waals surface area contributed by atoms with Gasteiger partial charge in [-0.3, -0.25) is 14.4 Å². The number of nitrogens with zero attached hydrogens (tertiary/aromatic N) is 3. The molecule has 0 saturated carbocycles. The fourth-order valence-corrected chi connectivity index (χ4v) is 7.19. The number of fused-ring (bicyclic) bond motifs is 2. The van der Waals surface area contributed by atoms with E-state index in [0.717, 1.165) is 18.5 Å². The van der Waals surface area contributed by atoms with E-state index in [9.17, 15) is 19.5 Å². The maximum absolute atomic E-state index is 14.5. The molecule has 5 atom stereocenters. The number of hydrogen-bond donors (Lipinski definition) is 1. The molecule has 2 fully saturated rings. The molecule has 8 heteroatoms. The quantitative estimate of drug-likeness (QED) is 0.395. The smallest absolute Gasteiger partial charge is 0.249 e. The van der Waals surface area contributed by atoms with Gasteiger partial charge in [-0.25, -0.2) is 0 Å². The van der Waals surface area contributed by atoms with Gasteiger partial charge in [0.05, 0.1) is 17.4 Å². The summed E-state index contributed by atoms with van der Waals surface area (Å²) in [6, 6.07) is 8.69. The summed E-state index contributed by atoms with van der Waals surface area (Å²) in [4.78, 5) is 48.6. The molecular weight excluding hydrogens is 506 g/mol. The van der Waals surface area contributed by atoms with Crippen LogP contribution < -0.4 is 4.90 Å². The number of anilines is 1. The minimum Gasteiger partial charge on any atom is -0.396 e. The van der Waals surface area contributed by atoms with E-state index in [4.69, 9.17) is 4.74 Å². The van der Waals surface area contributed by atoms with Gasteiger partial charge < -0.3 is 24.5 Å². The van der Waals surface area contributed by atoms with Crippen molar-refractivity contribution in [2.24, 2.45) is 11.8 Å². The van der Waals surface area contributed by atoms with Gasteiger partial charge in [0.2, 0.25) is 17.7 Å². The van der Waals surface area contributed by atoms with Gasteiger partial charge in [-0.2, -0.15) is 0 Å². The standard InChI is InChI=1S/C32H43N3O5/c1-5-31-17-13-20-33(23-15-9-8-10-16-23)27(37)24(31)25-28(38)34(19-11-6-7-12-22-36)26-29(39)35(30(2,3)4)21-14-18-32(25,26)40-31/h8-10,13-18,24-26,36H,5-7,11-12,19-22H2,1-4H3/t24-,25-,26?,31+,32-/m0/s1. The Labute approximate surface area is 237 Å². The highest BCUT2D eigenvalue weighted by Crippen LogP contribution is 2.59. The topological polar surface area (TPSA) is 90.4 Å². The number of unbranched alkanes of at least 4 members (excludes halogenated alkanes) is 3. The van der Waals surface area contributed by atoms with Crippen molar-refractivity contribution in [2.45, 2.75) is 82.6 Å². The van der Waals surface area contributed by atoms with Gasteiger partial charge in [-0.15, -0.1) is 0 Å². The molecule has 2 saturated heterocycles. The molecule has 4 heterocycles. The summed E-state index contributed by atoms with van der Waals surface area (Å²) in [6.07, 6.45) is 11.4. The van der Waals surface area contributed by atoms with Crippen LogP contribution in [0.5, 0.6) is 0 Å². The van der Waals surface area contributed by atoms with Crippen molar-refractivity contribution in [3.63, 3.8) is 0 Å². The van der Waals surface area contributed by atoms with Gasteiger partial charge in [0.25, 0.3) is 0 Å². The lowest BCUT2D eigenvalue weighted by molar-refractivity contribution is -0.155. The fraction of sp³-hybridized carbons (Fsp3) is 0.594. The van der Waals surface area contributed by atoms with Crippen LogP contribution in [-0.2, 0) is 19.1 Å². The third-order valence-electron chi connectivity index (χ3n) is 9.12. The Morgan fingerprint density at radius 1 is 0.900 bits per heavy atom. The first kappa shape index (κ1) is 28.6. The maximum Gasteiger partial charge on any atom is 0.249 e. The normalized spacial score (nSPS) is 31.8. The van der Waals surface area contributed by atoms with E-state index >= 15 is 0 Å². The highest BCUT2D eigenvalue weighted by Gasteiger charge is 2.75. The van der Waals surface area contributed by atoms with E-state index < -0.39 is 34.6 Å². The molecule has 1 aromatic rings. The van der Waals surface area contributed by atoms with Gasteiger partial charge in [0, 0.05) is 37.5 Å². The number of hydrogen-bond acceptors (Lipinski definition) is 5. The molecule has 1 aromatic carbocycles. The minimum absolute atomic E-state index is 0.136. The Morgan fingerprint density at radius 2 is 1.60 bits per heavy atom. The second-order valence-corrected chi connectivity index (χ2v) is 12.5. The Bertz CT molecular complexity index is 1190. The first-order chi connectivity index (χ1) is 19.1. The van der Waals surface area contributed by atoms with Crippen molar-refractivity contribution in [2.75, 3.05) is 31.1 Å². The zero-order chi connectivity index (χ0) is 28.7. The summed E-state index contributed by atoms with van der Waals surface area (Å²) in [5.41, 5.74) is -1.90. The van der Waals surface area contributed by atoms with Crippen LogP contribution in [0, 0.1) is 11.8 Å². The molecular formula is C32H43N3O5. The number of carbonyl (C=O) groups excluding carboxylic acids is 3. The van der Waals surface area contributed by atoms with Crippen molar-refractivity contribution in [1.29, 1.82) is 0 Å². The van der Waals surface area contributed by atoms with Gasteiger partial charge >= 0.3 is 0 Å².